The molecule has 0 rings (SSSR count). The number of hydrogen-bond donors (Lipinski definition) is 2. The fraction of sp³-hybridized carbons (Fsp3) is 0.500. The Labute approximate surface area is 99.0 Å². The van der Waals surface area contributed by atoms with Gasteiger partial charge in [0.1, 0.15) is 0 Å². The van der Waals surface area contributed by atoms with Crippen molar-refractivity contribution in [2.24, 2.45) is 0 Å². The summed E-state index contributed by atoms with van der Waals surface area (Å²) < 4.78 is 5.04. The number of carboxylic acid groups (broad SMARTS) is 1. The van der Waals surface area contributed by atoms with Crippen molar-refractivity contribution in [3.05, 3.63) is 12.2 Å². The van der Waals surface area contributed by atoms with Crippen LogP contribution in [0.4, 0.5) is 4.79 Å². The Morgan fingerprint density at radius 3 is 2.53 bits per heavy atom. The van der Waals surface area contributed by atoms with E-state index in [1.165, 1.54) is 11.9 Å². The highest BCUT2D eigenvalue weighted by Gasteiger charge is 2.10. The maximum Gasteiger partial charge on any atom is 0.328 e. The van der Waals surface area contributed by atoms with Crippen LogP contribution < -0.4 is 5.32 Å². The third-order valence-corrected chi connectivity index (χ3v) is 1.73. The predicted molar refractivity (Wildman–Crippen MR) is 59.4 cm³/mol. The lowest BCUT2D eigenvalue weighted by atomic mass is 10.4. The molecule has 17 heavy (non-hydrogen) atoms. The van der Waals surface area contributed by atoms with Gasteiger partial charge in [-0.25, -0.2) is 9.59 Å². The second kappa shape index (κ2) is 8.28. The summed E-state index contributed by atoms with van der Waals surface area (Å²) in [6.45, 7) is 3.10. The molecule has 0 atom stereocenters. The zero-order valence-electron chi connectivity index (χ0n) is 9.80. The van der Waals surface area contributed by atoms with Crippen molar-refractivity contribution in [3.63, 3.8) is 0 Å². The predicted octanol–water partition coefficient (Wildman–Crippen LogP) is -0.168. The molecule has 0 heterocycles. The standard InChI is InChI=1S/C10H16N2O5/c1-3-17-7-6-12(2)10(16)11-8(13)4-5-9(14)15/h4-5H,3,6-7H2,1-2H3,(H,14,15)(H,11,13,16)/b5-4+. The summed E-state index contributed by atoms with van der Waals surface area (Å²) in [6, 6.07) is -0.607. The van der Waals surface area contributed by atoms with Crippen molar-refractivity contribution >= 4 is 17.9 Å². The first kappa shape index (κ1) is 15.1. The van der Waals surface area contributed by atoms with Crippen LogP contribution in [0, 0.1) is 0 Å². The summed E-state index contributed by atoms with van der Waals surface area (Å²) in [5.74, 6) is -2.03. The van der Waals surface area contributed by atoms with Crippen LogP contribution >= 0.6 is 0 Å². The van der Waals surface area contributed by atoms with Crippen LogP contribution in [-0.2, 0) is 14.3 Å². The molecule has 0 bridgehead atoms. The van der Waals surface area contributed by atoms with Crippen molar-refractivity contribution in [3.8, 4) is 0 Å². The van der Waals surface area contributed by atoms with E-state index in [-0.39, 0.29) is 0 Å². The fourth-order valence-electron chi connectivity index (χ4n) is 0.837. The number of amides is 3. The van der Waals surface area contributed by atoms with Gasteiger partial charge in [-0.05, 0) is 6.92 Å². The molecule has 0 unspecified atom stereocenters. The van der Waals surface area contributed by atoms with Gasteiger partial charge in [-0.3, -0.25) is 10.1 Å². The van der Waals surface area contributed by atoms with Gasteiger partial charge in [0.05, 0.1) is 6.61 Å². The number of carbonyl (C=O) groups excluding carboxylic acids is 2. The first-order valence-electron chi connectivity index (χ1n) is 5.02. The summed E-state index contributed by atoms with van der Waals surface area (Å²) in [7, 11) is 1.50. The first-order valence-corrected chi connectivity index (χ1v) is 5.02. The lowest BCUT2D eigenvalue weighted by Gasteiger charge is -2.16. The van der Waals surface area contributed by atoms with Crippen molar-refractivity contribution in [1.82, 2.24) is 10.2 Å². The Morgan fingerprint density at radius 1 is 1.35 bits per heavy atom. The lowest BCUT2D eigenvalue weighted by Crippen LogP contribution is -2.41. The molecule has 0 saturated heterocycles. The molecule has 0 aliphatic rings. The van der Waals surface area contributed by atoms with Crippen LogP contribution in [0.15, 0.2) is 12.2 Å². The topological polar surface area (TPSA) is 95.9 Å². The van der Waals surface area contributed by atoms with Gasteiger partial charge in [-0.2, -0.15) is 0 Å². The van der Waals surface area contributed by atoms with Gasteiger partial charge in [0.15, 0.2) is 0 Å². The summed E-state index contributed by atoms with van der Waals surface area (Å²) in [4.78, 5) is 33.8. The molecule has 7 heteroatoms. The molecular formula is C10H16N2O5. The highest BCUT2D eigenvalue weighted by molar-refractivity contribution is 6.02. The van der Waals surface area contributed by atoms with Crippen molar-refractivity contribution in [2.45, 2.75) is 6.92 Å². The Kier molecular flexibility index (Phi) is 7.36. The molecule has 7 nitrogen and oxygen atoms in total. The van der Waals surface area contributed by atoms with E-state index in [1.54, 1.807) is 0 Å². The minimum absolute atomic E-state index is 0.343. The molecular weight excluding hydrogens is 228 g/mol. The number of hydrogen-bond acceptors (Lipinski definition) is 4. The van der Waals surface area contributed by atoms with E-state index in [0.717, 1.165) is 6.08 Å². The SMILES string of the molecule is CCOCCN(C)C(=O)NC(=O)/C=C/C(=O)O. The van der Waals surface area contributed by atoms with E-state index in [0.29, 0.717) is 25.8 Å². The molecule has 0 aromatic rings. The zero-order chi connectivity index (χ0) is 13.3. The number of carbonyl (C=O) groups is 3. The summed E-state index contributed by atoms with van der Waals surface area (Å²) in [5.41, 5.74) is 0. The van der Waals surface area contributed by atoms with Crippen LogP contribution in [-0.4, -0.2) is 54.7 Å². The number of rotatable bonds is 6. The Balaban J connectivity index is 3.98. The number of likely N-dealkylation sites (N-methyl/N-ethyl adjacent to an activating group) is 1. The Morgan fingerprint density at radius 2 is 2.00 bits per heavy atom. The highest BCUT2D eigenvalue weighted by Crippen LogP contribution is 1.86. The third kappa shape index (κ3) is 7.97. The van der Waals surface area contributed by atoms with Crippen molar-refractivity contribution in [2.75, 3.05) is 26.8 Å². The van der Waals surface area contributed by atoms with Gasteiger partial charge < -0.3 is 14.7 Å². The van der Waals surface area contributed by atoms with Gasteiger partial charge >= 0.3 is 12.0 Å². The van der Waals surface area contributed by atoms with E-state index in [4.69, 9.17) is 9.84 Å². The van der Waals surface area contributed by atoms with Crippen molar-refractivity contribution < 1.29 is 24.2 Å². The molecule has 96 valence electrons. The number of ether oxygens (including phenoxy) is 1. The van der Waals surface area contributed by atoms with Gasteiger partial charge in [0.2, 0.25) is 0 Å². The Bertz CT molecular complexity index is 314. The number of aliphatic carboxylic acids is 1. The second-order valence-corrected chi connectivity index (χ2v) is 3.08. The van der Waals surface area contributed by atoms with Gasteiger partial charge in [0.25, 0.3) is 5.91 Å². The quantitative estimate of drug-likeness (QED) is 0.499. The average molecular weight is 244 g/mol. The number of nitrogens with one attached hydrogen (secondary N) is 1. The summed E-state index contributed by atoms with van der Waals surface area (Å²) in [5, 5.41) is 10.3. The fourth-order valence-corrected chi connectivity index (χ4v) is 0.837. The summed E-state index contributed by atoms with van der Waals surface area (Å²) in [6.07, 6.45) is 1.43. The first-order chi connectivity index (χ1) is 7.97. The molecule has 0 fully saturated rings. The normalized spacial score (nSPS) is 10.2. The van der Waals surface area contributed by atoms with Gasteiger partial charge in [0, 0.05) is 32.4 Å². The van der Waals surface area contributed by atoms with Crippen LogP contribution in [0.1, 0.15) is 6.92 Å². The minimum Gasteiger partial charge on any atom is -0.478 e. The van der Waals surface area contributed by atoms with Gasteiger partial charge in [-0.15, -0.1) is 0 Å². The van der Waals surface area contributed by atoms with Crippen LogP contribution in [0.5, 0.6) is 0 Å². The van der Waals surface area contributed by atoms with E-state index in [1.807, 2.05) is 12.2 Å². The number of urea groups is 1. The molecule has 0 aromatic carbocycles. The minimum atomic E-state index is -1.25. The van der Waals surface area contributed by atoms with E-state index in [2.05, 4.69) is 0 Å². The monoisotopic (exact) mass is 244 g/mol. The third-order valence-electron chi connectivity index (χ3n) is 1.73. The van der Waals surface area contributed by atoms with Crippen molar-refractivity contribution in [1.29, 1.82) is 0 Å². The molecule has 0 spiro atoms. The van der Waals surface area contributed by atoms with E-state index in [9.17, 15) is 14.4 Å². The maximum absolute atomic E-state index is 11.3. The molecule has 0 aliphatic carbocycles. The van der Waals surface area contributed by atoms with E-state index < -0.39 is 17.9 Å². The van der Waals surface area contributed by atoms with Crippen LogP contribution in [0.2, 0.25) is 0 Å². The second-order valence-electron chi connectivity index (χ2n) is 3.08. The number of carboxylic acids is 1. The average Bonchev–Trinajstić information content (AvgIpc) is 2.26. The number of nitrogens with zero attached hydrogens (tertiary/aromatic N) is 1. The van der Waals surface area contributed by atoms with Gasteiger partial charge in [-0.1, -0.05) is 0 Å². The Hall–Kier alpha value is -1.89. The maximum atomic E-state index is 11.3. The van der Waals surface area contributed by atoms with Crippen LogP contribution in [0.25, 0.3) is 0 Å². The lowest BCUT2D eigenvalue weighted by molar-refractivity contribution is -0.131. The molecule has 0 saturated carbocycles. The summed E-state index contributed by atoms with van der Waals surface area (Å²) >= 11 is 0. The largest absolute Gasteiger partial charge is 0.478 e. The molecule has 2 N–H and O–H groups in total. The van der Waals surface area contributed by atoms with Crippen LogP contribution in [0.3, 0.4) is 0 Å². The number of imide groups is 1. The zero-order valence-corrected chi connectivity index (χ0v) is 9.80. The smallest absolute Gasteiger partial charge is 0.328 e. The highest BCUT2D eigenvalue weighted by atomic mass is 16.5. The molecule has 0 aliphatic heterocycles. The molecule has 3 amide bonds. The van der Waals surface area contributed by atoms with E-state index >= 15 is 0 Å². The molecule has 0 aromatic heterocycles. The molecule has 0 radical (unpaired) electrons.